The minimum atomic E-state index is 0.681. The summed E-state index contributed by atoms with van der Waals surface area (Å²) in [7, 11) is 0. The van der Waals surface area contributed by atoms with Gasteiger partial charge in [0.15, 0.2) is 0 Å². The van der Waals surface area contributed by atoms with Crippen molar-refractivity contribution in [3.8, 4) is 0 Å². The molecule has 4 heteroatoms. The average molecular weight is 222 g/mol. The molecule has 0 atom stereocenters. The van der Waals surface area contributed by atoms with Crippen LogP contribution < -0.4 is 5.73 Å². The van der Waals surface area contributed by atoms with E-state index in [1.165, 1.54) is 5.56 Å². The maximum absolute atomic E-state index is 5.95. The van der Waals surface area contributed by atoms with Gasteiger partial charge < -0.3 is 5.73 Å². The van der Waals surface area contributed by atoms with E-state index in [-0.39, 0.29) is 0 Å². The van der Waals surface area contributed by atoms with Crippen LogP contribution in [-0.4, -0.2) is 9.78 Å². The van der Waals surface area contributed by atoms with Crippen molar-refractivity contribution in [3.05, 3.63) is 46.7 Å². The monoisotopic (exact) mass is 221 g/mol. The summed E-state index contributed by atoms with van der Waals surface area (Å²) in [6.07, 6.45) is 3.45. The van der Waals surface area contributed by atoms with Crippen LogP contribution >= 0.6 is 11.6 Å². The Kier molecular flexibility index (Phi) is 2.64. The van der Waals surface area contributed by atoms with E-state index in [1.54, 1.807) is 10.9 Å². The maximum Gasteiger partial charge on any atom is 0.0719 e. The molecule has 0 saturated heterocycles. The van der Waals surface area contributed by atoms with Crippen LogP contribution in [0.2, 0.25) is 5.02 Å². The highest BCUT2D eigenvalue weighted by molar-refractivity contribution is 6.31. The van der Waals surface area contributed by atoms with Gasteiger partial charge in [-0.1, -0.05) is 23.7 Å². The van der Waals surface area contributed by atoms with Gasteiger partial charge in [-0.2, -0.15) is 5.10 Å². The molecule has 0 saturated carbocycles. The van der Waals surface area contributed by atoms with Crippen molar-refractivity contribution in [2.24, 2.45) is 0 Å². The summed E-state index contributed by atoms with van der Waals surface area (Å²) in [5.41, 5.74) is 8.51. The molecule has 78 valence electrons. The van der Waals surface area contributed by atoms with Gasteiger partial charge in [0.2, 0.25) is 0 Å². The molecule has 0 radical (unpaired) electrons. The van der Waals surface area contributed by atoms with Crippen LogP contribution in [0.1, 0.15) is 11.1 Å². The quantitative estimate of drug-likeness (QED) is 0.847. The number of benzene rings is 1. The third-order valence-corrected chi connectivity index (χ3v) is 2.64. The molecule has 2 rings (SSSR count). The van der Waals surface area contributed by atoms with E-state index in [2.05, 4.69) is 11.2 Å². The van der Waals surface area contributed by atoms with Gasteiger partial charge in [0.1, 0.15) is 0 Å². The summed E-state index contributed by atoms with van der Waals surface area (Å²) in [5.74, 6) is 0. The first kappa shape index (κ1) is 10.1. The Labute approximate surface area is 93.5 Å². The number of nitrogens with zero attached hydrogens (tertiary/aromatic N) is 2. The average Bonchev–Trinajstić information content (AvgIpc) is 2.58. The Morgan fingerprint density at radius 1 is 1.47 bits per heavy atom. The second-order valence-electron chi connectivity index (χ2n) is 3.55. The van der Waals surface area contributed by atoms with Gasteiger partial charge in [0.05, 0.1) is 18.4 Å². The molecule has 0 aliphatic heterocycles. The van der Waals surface area contributed by atoms with Crippen molar-refractivity contribution in [3.63, 3.8) is 0 Å². The Hall–Kier alpha value is -1.48. The molecule has 1 aromatic carbocycles. The minimum absolute atomic E-state index is 0.681. The topological polar surface area (TPSA) is 43.8 Å². The minimum Gasteiger partial charge on any atom is -0.396 e. The number of anilines is 1. The fraction of sp³-hybridized carbons (Fsp3) is 0.182. The molecule has 0 amide bonds. The Morgan fingerprint density at radius 2 is 2.27 bits per heavy atom. The highest BCUT2D eigenvalue weighted by Crippen LogP contribution is 2.16. The van der Waals surface area contributed by atoms with E-state index in [4.69, 9.17) is 17.3 Å². The molecule has 0 bridgehead atoms. The van der Waals surface area contributed by atoms with E-state index in [0.717, 1.165) is 17.1 Å². The lowest BCUT2D eigenvalue weighted by Crippen LogP contribution is -2.00. The maximum atomic E-state index is 5.95. The van der Waals surface area contributed by atoms with Crippen molar-refractivity contribution in [2.75, 3.05) is 5.73 Å². The summed E-state index contributed by atoms with van der Waals surface area (Å²) in [6, 6.07) is 5.95. The van der Waals surface area contributed by atoms with Crippen LogP contribution in [-0.2, 0) is 6.54 Å². The highest BCUT2D eigenvalue weighted by atomic mass is 35.5. The van der Waals surface area contributed by atoms with Crippen molar-refractivity contribution in [2.45, 2.75) is 13.5 Å². The molecule has 0 unspecified atom stereocenters. The summed E-state index contributed by atoms with van der Waals surface area (Å²) < 4.78 is 1.80. The fourth-order valence-electron chi connectivity index (χ4n) is 1.46. The van der Waals surface area contributed by atoms with Gasteiger partial charge >= 0.3 is 0 Å². The molecular weight excluding hydrogens is 210 g/mol. The van der Waals surface area contributed by atoms with Gasteiger partial charge in [-0.15, -0.1) is 0 Å². The zero-order valence-electron chi connectivity index (χ0n) is 8.44. The van der Waals surface area contributed by atoms with E-state index in [9.17, 15) is 0 Å². The first-order valence-electron chi connectivity index (χ1n) is 4.68. The second kappa shape index (κ2) is 3.95. The number of halogens is 1. The van der Waals surface area contributed by atoms with Crippen LogP contribution in [0.25, 0.3) is 0 Å². The first-order valence-corrected chi connectivity index (χ1v) is 5.06. The molecule has 2 aromatic rings. The van der Waals surface area contributed by atoms with Gasteiger partial charge in [0, 0.05) is 11.2 Å². The van der Waals surface area contributed by atoms with E-state index < -0.39 is 0 Å². The summed E-state index contributed by atoms with van der Waals surface area (Å²) in [5, 5.41) is 4.91. The second-order valence-corrected chi connectivity index (χ2v) is 3.96. The fourth-order valence-corrected chi connectivity index (χ4v) is 1.58. The van der Waals surface area contributed by atoms with Crippen molar-refractivity contribution < 1.29 is 0 Å². The molecule has 0 aliphatic carbocycles. The molecule has 15 heavy (non-hydrogen) atoms. The zero-order valence-corrected chi connectivity index (χ0v) is 9.20. The zero-order chi connectivity index (χ0) is 10.8. The summed E-state index contributed by atoms with van der Waals surface area (Å²) in [4.78, 5) is 0. The number of aromatic nitrogens is 2. The number of aryl methyl sites for hydroxylation is 1. The predicted octanol–water partition coefficient (Wildman–Crippen LogP) is 2.48. The summed E-state index contributed by atoms with van der Waals surface area (Å²) >= 11 is 5.95. The first-order chi connectivity index (χ1) is 7.15. The number of nitrogens with two attached hydrogens (primary N) is 1. The molecular formula is C11H12ClN3. The van der Waals surface area contributed by atoms with E-state index in [1.807, 2.05) is 25.3 Å². The van der Waals surface area contributed by atoms with Crippen molar-refractivity contribution in [1.82, 2.24) is 9.78 Å². The van der Waals surface area contributed by atoms with E-state index in [0.29, 0.717) is 5.69 Å². The largest absolute Gasteiger partial charge is 0.396 e. The third kappa shape index (κ3) is 2.30. The van der Waals surface area contributed by atoms with Crippen LogP contribution in [0.3, 0.4) is 0 Å². The SMILES string of the molecule is Cc1cc(Cn2cc(N)cn2)ccc1Cl. The summed E-state index contributed by atoms with van der Waals surface area (Å²) in [6.45, 7) is 2.71. The smallest absolute Gasteiger partial charge is 0.0719 e. The van der Waals surface area contributed by atoms with Crippen molar-refractivity contribution >= 4 is 17.3 Å². The molecule has 3 nitrogen and oxygen atoms in total. The Bertz CT molecular complexity index is 476. The van der Waals surface area contributed by atoms with Crippen LogP contribution in [0, 0.1) is 6.92 Å². The van der Waals surface area contributed by atoms with E-state index >= 15 is 0 Å². The Morgan fingerprint density at radius 3 is 2.87 bits per heavy atom. The third-order valence-electron chi connectivity index (χ3n) is 2.22. The molecule has 1 aromatic heterocycles. The van der Waals surface area contributed by atoms with Crippen LogP contribution in [0.5, 0.6) is 0 Å². The number of rotatable bonds is 2. The standard InChI is InChI=1S/C11H12ClN3/c1-8-4-9(2-3-11(8)12)6-15-7-10(13)5-14-15/h2-5,7H,6,13H2,1H3. The van der Waals surface area contributed by atoms with Crippen molar-refractivity contribution in [1.29, 1.82) is 0 Å². The lowest BCUT2D eigenvalue weighted by atomic mass is 10.1. The molecule has 0 aliphatic rings. The lowest BCUT2D eigenvalue weighted by molar-refractivity contribution is 0.687. The normalized spacial score (nSPS) is 10.5. The van der Waals surface area contributed by atoms with Gasteiger partial charge in [0.25, 0.3) is 0 Å². The van der Waals surface area contributed by atoms with Gasteiger partial charge in [-0.05, 0) is 24.1 Å². The van der Waals surface area contributed by atoms with Crippen LogP contribution in [0.4, 0.5) is 5.69 Å². The highest BCUT2D eigenvalue weighted by Gasteiger charge is 2.00. The molecule has 1 heterocycles. The molecule has 0 spiro atoms. The predicted molar refractivity (Wildman–Crippen MR) is 61.9 cm³/mol. The molecule has 0 fully saturated rings. The van der Waals surface area contributed by atoms with Gasteiger partial charge in [-0.25, -0.2) is 0 Å². The number of hydrogen-bond donors (Lipinski definition) is 1. The molecule has 2 N–H and O–H groups in total. The van der Waals surface area contributed by atoms with Crippen LogP contribution in [0.15, 0.2) is 30.6 Å². The number of nitrogen functional groups attached to an aromatic ring is 1. The Balaban J connectivity index is 2.21. The van der Waals surface area contributed by atoms with Gasteiger partial charge in [-0.3, -0.25) is 4.68 Å². The number of hydrogen-bond acceptors (Lipinski definition) is 2. The lowest BCUT2D eigenvalue weighted by Gasteiger charge is -2.04.